The minimum Gasteiger partial charge on any atom is -0.480 e. The SMILES string of the molecule is O=C1c2c(ncc3ccccc23)CCC1N[C@@H](Cc1ccccc1)C(=O)O. The number of aromatic nitrogens is 1. The standard InChI is InChI=1S/C22H20N2O3/c25-21-18(24-19(22(26)27)12-14-6-2-1-3-7-14)11-10-17-20(21)16-9-5-4-8-15(16)13-23-17/h1-9,13,18-19,24H,10-12H2,(H,26,27)/t18?,19-/m0/s1. The molecule has 0 fully saturated rings. The Kier molecular flexibility index (Phi) is 4.69. The van der Waals surface area contributed by atoms with E-state index in [4.69, 9.17) is 0 Å². The fourth-order valence-electron chi connectivity index (χ4n) is 3.72. The molecule has 0 spiro atoms. The van der Waals surface area contributed by atoms with E-state index in [0.29, 0.717) is 24.8 Å². The Labute approximate surface area is 157 Å². The number of aliphatic carboxylic acids is 1. The van der Waals surface area contributed by atoms with Crippen LogP contribution in [0.1, 0.15) is 28.0 Å². The third-order valence-electron chi connectivity index (χ3n) is 5.09. The van der Waals surface area contributed by atoms with E-state index in [2.05, 4.69) is 10.3 Å². The van der Waals surface area contributed by atoms with E-state index < -0.39 is 18.1 Å². The number of ketones is 1. The Morgan fingerprint density at radius 3 is 2.67 bits per heavy atom. The summed E-state index contributed by atoms with van der Waals surface area (Å²) >= 11 is 0. The van der Waals surface area contributed by atoms with Gasteiger partial charge in [0.1, 0.15) is 6.04 Å². The first-order valence-electron chi connectivity index (χ1n) is 9.07. The average Bonchev–Trinajstić information content (AvgIpc) is 2.69. The molecule has 2 atom stereocenters. The van der Waals surface area contributed by atoms with Gasteiger partial charge in [0, 0.05) is 17.1 Å². The Balaban J connectivity index is 1.61. The van der Waals surface area contributed by atoms with Crippen LogP contribution in [0, 0.1) is 0 Å². The number of nitrogens with zero attached hydrogens (tertiary/aromatic N) is 1. The first-order chi connectivity index (χ1) is 13.1. The van der Waals surface area contributed by atoms with Crippen LogP contribution in [-0.2, 0) is 17.6 Å². The van der Waals surface area contributed by atoms with Gasteiger partial charge in [-0.05, 0) is 30.2 Å². The van der Waals surface area contributed by atoms with E-state index >= 15 is 0 Å². The van der Waals surface area contributed by atoms with E-state index in [1.54, 1.807) is 6.20 Å². The maximum Gasteiger partial charge on any atom is 0.321 e. The molecule has 27 heavy (non-hydrogen) atoms. The van der Waals surface area contributed by atoms with Crippen molar-refractivity contribution in [3.63, 3.8) is 0 Å². The largest absolute Gasteiger partial charge is 0.480 e. The highest BCUT2D eigenvalue weighted by molar-refractivity contribution is 6.12. The molecule has 2 aromatic carbocycles. The lowest BCUT2D eigenvalue weighted by Crippen LogP contribution is -2.50. The number of rotatable bonds is 5. The highest BCUT2D eigenvalue weighted by Gasteiger charge is 2.33. The second-order valence-electron chi connectivity index (χ2n) is 6.87. The summed E-state index contributed by atoms with van der Waals surface area (Å²) in [5, 5.41) is 14.5. The van der Waals surface area contributed by atoms with Crippen LogP contribution in [0.15, 0.2) is 60.8 Å². The van der Waals surface area contributed by atoms with E-state index in [1.807, 2.05) is 54.6 Å². The molecular formula is C22H20N2O3. The van der Waals surface area contributed by atoms with Crippen molar-refractivity contribution in [2.45, 2.75) is 31.3 Å². The van der Waals surface area contributed by atoms with Crippen molar-refractivity contribution in [3.8, 4) is 0 Å². The summed E-state index contributed by atoms with van der Waals surface area (Å²) < 4.78 is 0. The van der Waals surface area contributed by atoms with Gasteiger partial charge in [-0.2, -0.15) is 0 Å². The second-order valence-corrected chi connectivity index (χ2v) is 6.87. The predicted molar refractivity (Wildman–Crippen MR) is 103 cm³/mol. The molecule has 1 aliphatic carbocycles. The average molecular weight is 360 g/mol. The monoisotopic (exact) mass is 360 g/mol. The van der Waals surface area contributed by atoms with E-state index in [1.165, 1.54) is 0 Å². The van der Waals surface area contributed by atoms with Crippen LogP contribution in [0.3, 0.4) is 0 Å². The van der Waals surface area contributed by atoms with Crippen LogP contribution in [0.25, 0.3) is 10.8 Å². The van der Waals surface area contributed by atoms with Gasteiger partial charge in [-0.25, -0.2) is 0 Å². The Morgan fingerprint density at radius 2 is 1.89 bits per heavy atom. The lowest BCUT2D eigenvalue weighted by molar-refractivity contribution is -0.139. The molecule has 5 heteroatoms. The zero-order valence-electron chi connectivity index (χ0n) is 14.8. The Bertz CT molecular complexity index is 1000. The van der Waals surface area contributed by atoms with E-state index in [0.717, 1.165) is 22.0 Å². The molecule has 1 aromatic heterocycles. The van der Waals surface area contributed by atoms with Crippen molar-refractivity contribution in [2.75, 3.05) is 0 Å². The number of carbonyl (C=O) groups excluding carboxylic acids is 1. The number of Topliss-reactive ketones (excluding diaryl/α,β-unsaturated/α-hetero) is 1. The number of carboxylic acid groups (broad SMARTS) is 1. The number of hydrogen-bond donors (Lipinski definition) is 2. The van der Waals surface area contributed by atoms with Crippen molar-refractivity contribution in [1.29, 1.82) is 0 Å². The number of pyridine rings is 1. The van der Waals surface area contributed by atoms with Crippen LogP contribution in [0.4, 0.5) is 0 Å². The number of fused-ring (bicyclic) bond motifs is 3. The van der Waals surface area contributed by atoms with Gasteiger partial charge in [-0.1, -0.05) is 54.6 Å². The van der Waals surface area contributed by atoms with Crippen molar-refractivity contribution in [2.24, 2.45) is 0 Å². The van der Waals surface area contributed by atoms with Crippen LogP contribution in [0.2, 0.25) is 0 Å². The topological polar surface area (TPSA) is 79.3 Å². The summed E-state index contributed by atoms with van der Waals surface area (Å²) in [6.45, 7) is 0. The van der Waals surface area contributed by atoms with Crippen molar-refractivity contribution >= 4 is 22.5 Å². The zero-order valence-corrected chi connectivity index (χ0v) is 14.8. The minimum absolute atomic E-state index is 0.0696. The molecule has 0 saturated carbocycles. The molecule has 0 saturated heterocycles. The van der Waals surface area contributed by atoms with Crippen LogP contribution < -0.4 is 5.32 Å². The molecule has 0 radical (unpaired) electrons. The van der Waals surface area contributed by atoms with Gasteiger partial charge in [-0.15, -0.1) is 0 Å². The molecule has 5 nitrogen and oxygen atoms in total. The minimum atomic E-state index is -0.950. The maximum absolute atomic E-state index is 13.1. The predicted octanol–water partition coefficient (Wildman–Crippen LogP) is 3.02. The number of carboxylic acids is 1. The number of carbonyl (C=O) groups is 2. The third-order valence-corrected chi connectivity index (χ3v) is 5.09. The molecule has 0 aliphatic heterocycles. The van der Waals surface area contributed by atoms with Crippen LogP contribution in [-0.4, -0.2) is 33.9 Å². The number of aryl methyl sites for hydroxylation is 1. The fraction of sp³-hybridized carbons (Fsp3) is 0.227. The molecule has 1 heterocycles. The molecule has 1 aliphatic rings. The molecule has 0 bridgehead atoms. The van der Waals surface area contributed by atoms with Gasteiger partial charge in [0.2, 0.25) is 0 Å². The fourth-order valence-corrected chi connectivity index (χ4v) is 3.72. The van der Waals surface area contributed by atoms with Gasteiger partial charge >= 0.3 is 5.97 Å². The first-order valence-corrected chi connectivity index (χ1v) is 9.07. The third kappa shape index (κ3) is 3.46. The van der Waals surface area contributed by atoms with Crippen molar-refractivity contribution < 1.29 is 14.7 Å². The van der Waals surface area contributed by atoms with Gasteiger partial charge in [-0.3, -0.25) is 19.9 Å². The molecule has 1 unspecified atom stereocenters. The number of nitrogens with one attached hydrogen (secondary N) is 1. The van der Waals surface area contributed by atoms with Gasteiger partial charge in [0.15, 0.2) is 5.78 Å². The lowest BCUT2D eigenvalue weighted by atomic mass is 9.87. The smallest absolute Gasteiger partial charge is 0.321 e. The first kappa shape index (κ1) is 17.4. The summed E-state index contributed by atoms with van der Waals surface area (Å²) in [7, 11) is 0. The highest BCUT2D eigenvalue weighted by atomic mass is 16.4. The van der Waals surface area contributed by atoms with Crippen LogP contribution in [0.5, 0.6) is 0 Å². The summed E-state index contributed by atoms with van der Waals surface area (Å²) in [6.07, 6.45) is 3.34. The van der Waals surface area contributed by atoms with Crippen molar-refractivity contribution in [1.82, 2.24) is 10.3 Å². The molecule has 136 valence electrons. The Hall–Kier alpha value is -3.05. The lowest BCUT2D eigenvalue weighted by Gasteiger charge is -2.27. The normalized spacial score (nSPS) is 17.5. The van der Waals surface area contributed by atoms with Gasteiger partial charge in [0.05, 0.1) is 11.7 Å². The second kappa shape index (κ2) is 7.29. The number of hydrogen-bond acceptors (Lipinski definition) is 4. The van der Waals surface area contributed by atoms with Gasteiger partial charge < -0.3 is 5.11 Å². The summed E-state index contributed by atoms with van der Waals surface area (Å²) in [5.74, 6) is -1.02. The summed E-state index contributed by atoms with van der Waals surface area (Å²) in [5.41, 5.74) is 2.35. The van der Waals surface area contributed by atoms with Gasteiger partial charge in [0.25, 0.3) is 0 Å². The molecular weight excluding hydrogens is 340 g/mol. The summed E-state index contributed by atoms with van der Waals surface area (Å²) in [4.78, 5) is 29.4. The Morgan fingerprint density at radius 1 is 1.15 bits per heavy atom. The van der Waals surface area contributed by atoms with Crippen LogP contribution >= 0.6 is 0 Å². The number of benzene rings is 2. The highest BCUT2D eigenvalue weighted by Crippen LogP contribution is 2.27. The maximum atomic E-state index is 13.1. The molecule has 0 amide bonds. The molecule has 2 N–H and O–H groups in total. The summed E-state index contributed by atoms with van der Waals surface area (Å²) in [6, 6.07) is 15.8. The van der Waals surface area contributed by atoms with Crippen molar-refractivity contribution in [3.05, 3.63) is 77.6 Å². The quantitative estimate of drug-likeness (QED) is 0.731. The van der Waals surface area contributed by atoms with E-state index in [9.17, 15) is 14.7 Å². The molecule has 4 rings (SSSR count). The zero-order chi connectivity index (χ0) is 18.8. The van der Waals surface area contributed by atoms with E-state index in [-0.39, 0.29) is 5.78 Å². The molecule has 3 aromatic rings.